The average molecular weight is 396 g/mol. The molecule has 0 amide bonds. The molecule has 0 fully saturated rings. The molecule has 2 rings (SSSR count). The fourth-order valence-electron chi connectivity index (χ4n) is 3.55. The van der Waals surface area contributed by atoms with Gasteiger partial charge in [-0.1, -0.05) is 79.6 Å². The van der Waals surface area contributed by atoms with Crippen LogP contribution in [0.3, 0.4) is 0 Å². The molecule has 0 nitrogen and oxygen atoms in total. The molecule has 0 spiro atoms. The van der Waals surface area contributed by atoms with Crippen molar-refractivity contribution >= 4 is 0 Å². The molecule has 0 unspecified atom stereocenters. The maximum atomic E-state index is 2.43. The van der Waals surface area contributed by atoms with Crippen LogP contribution >= 0.6 is 0 Å². The molecule has 0 saturated heterocycles. The molecule has 0 aliphatic heterocycles. The molecule has 2 aromatic carbocycles. The van der Waals surface area contributed by atoms with Crippen LogP contribution in [0.4, 0.5) is 0 Å². The second kappa shape index (κ2) is 15.3. The van der Waals surface area contributed by atoms with Gasteiger partial charge in [0.15, 0.2) is 0 Å². The minimum Gasteiger partial charge on any atom is -0.743 e. The quantitative estimate of drug-likeness (QED) is 0.287. The van der Waals surface area contributed by atoms with Gasteiger partial charge in [0.1, 0.15) is 0 Å². The van der Waals surface area contributed by atoms with Gasteiger partial charge >= 0.3 is 0 Å². The Kier molecular flexibility index (Phi) is 14.8. The third-order valence-electron chi connectivity index (χ3n) is 4.67. The fraction of sp³-hybridized carbons (Fsp3) is 0.600. The third kappa shape index (κ3) is 9.24. The predicted octanol–water partition coefficient (Wildman–Crippen LogP) is 7.57. The standard InChI is InChI=1S/C14H23.C11H17.Fe/c1-4-7-12-10-13(8-5-2)14(11-12)9-6-3;1-3-5-10-7-8-11(9-10)6-4-2;/h10-11H,4-9H2,1-3H3;7-9H,3-6H2,1-2H3;/q-5;-1;. The summed E-state index contributed by atoms with van der Waals surface area (Å²) >= 11 is 0. The monoisotopic (exact) mass is 396 g/mol. The van der Waals surface area contributed by atoms with Gasteiger partial charge in [-0.15, -0.1) is 0 Å². The molecule has 0 aliphatic carbocycles. The summed E-state index contributed by atoms with van der Waals surface area (Å²) in [4.78, 5) is 0. The van der Waals surface area contributed by atoms with Gasteiger partial charge in [-0.05, 0) is 0 Å². The van der Waals surface area contributed by atoms with Crippen molar-refractivity contribution in [3.8, 4) is 0 Å². The Morgan fingerprint density at radius 1 is 0.731 bits per heavy atom. The molecular weight excluding hydrogens is 356 g/mol. The summed E-state index contributed by atoms with van der Waals surface area (Å²) in [6.45, 7) is 11.2. The average Bonchev–Trinajstić information content (AvgIpc) is 3.18. The molecule has 0 radical (unpaired) electrons. The maximum Gasteiger partial charge on any atom is 0 e. The second-order valence-electron chi connectivity index (χ2n) is 7.29. The first-order valence-corrected chi connectivity index (χ1v) is 10.7. The van der Waals surface area contributed by atoms with E-state index in [0.717, 1.165) is 0 Å². The van der Waals surface area contributed by atoms with Crippen LogP contribution in [0.1, 0.15) is 94.5 Å². The van der Waals surface area contributed by atoms with Gasteiger partial charge in [0.25, 0.3) is 0 Å². The van der Waals surface area contributed by atoms with Crippen molar-refractivity contribution < 1.29 is 17.1 Å². The first-order chi connectivity index (χ1) is 12.2. The summed E-state index contributed by atoms with van der Waals surface area (Å²) < 4.78 is 0. The van der Waals surface area contributed by atoms with Crippen LogP contribution in [0.15, 0.2) is 30.3 Å². The molecule has 26 heavy (non-hydrogen) atoms. The zero-order chi connectivity index (χ0) is 18.5. The maximum absolute atomic E-state index is 2.43. The molecule has 0 saturated carbocycles. The van der Waals surface area contributed by atoms with Gasteiger partial charge in [-0.3, -0.25) is 0 Å². The molecule has 0 atom stereocenters. The largest absolute Gasteiger partial charge is 0.743 e. The summed E-state index contributed by atoms with van der Waals surface area (Å²) in [6.07, 6.45) is 12.6. The number of hydrogen-bond donors (Lipinski definition) is 0. The van der Waals surface area contributed by atoms with Gasteiger partial charge in [0.2, 0.25) is 0 Å². The van der Waals surface area contributed by atoms with Gasteiger partial charge in [0.05, 0.1) is 0 Å². The zero-order valence-corrected chi connectivity index (χ0v) is 18.9. The van der Waals surface area contributed by atoms with Crippen molar-refractivity contribution in [2.75, 3.05) is 0 Å². The van der Waals surface area contributed by atoms with Gasteiger partial charge in [-0.25, -0.2) is 25.3 Å². The fourth-order valence-corrected chi connectivity index (χ4v) is 3.55. The summed E-state index contributed by atoms with van der Waals surface area (Å²) in [5, 5.41) is 0. The van der Waals surface area contributed by atoms with Crippen LogP contribution in [0, 0.1) is 0 Å². The first-order valence-electron chi connectivity index (χ1n) is 10.7. The Hall–Kier alpha value is -0.781. The SMILES string of the molecule is CCC[c-]1[cH-][c-](CCC)[c-](CCC)[cH-]1.CCCc1cc[c-](CCC)c1.[Fe]. The number of hydrogen-bond acceptors (Lipinski definition) is 0. The van der Waals surface area contributed by atoms with Crippen LogP contribution in [-0.4, -0.2) is 0 Å². The van der Waals surface area contributed by atoms with Crippen molar-refractivity contribution in [1.29, 1.82) is 0 Å². The van der Waals surface area contributed by atoms with E-state index in [9.17, 15) is 0 Å². The van der Waals surface area contributed by atoms with Crippen molar-refractivity contribution in [3.05, 3.63) is 58.1 Å². The van der Waals surface area contributed by atoms with Crippen molar-refractivity contribution in [3.63, 3.8) is 0 Å². The second-order valence-corrected chi connectivity index (χ2v) is 7.29. The van der Waals surface area contributed by atoms with Gasteiger partial charge < -0.3 is 28.8 Å². The molecule has 0 bridgehead atoms. The minimum atomic E-state index is 0. The normalized spacial score (nSPS) is 10.2. The molecule has 0 N–H and O–H groups in total. The summed E-state index contributed by atoms with van der Waals surface area (Å²) in [6, 6.07) is 11.7. The van der Waals surface area contributed by atoms with Crippen LogP contribution in [0.5, 0.6) is 0 Å². The van der Waals surface area contributed by atoms with E-state index in [-0.39, 0.29) is 17.1 Å². The Balaban J connectivity index is 0.000000475. The van der Waals surface area contributed by atoms with Crippen LogP contribution in [-0.2, 0) is 49.2 Å². The van der Waals surface area contributed by atoms with E-state index in [1.807, 2.05) is 0 Å². The molecule has 154 valence electrons. The Morgan fingerprint density at radius 2 is 1.27 bits per heavy atom. The van der Waals surface area contributed by atoms with E-state index in [4.69, 9.17) is 0 Å². The minimum absolute atomic E-state index is 0. The smallest absolute Gasteiger partial charge is 0 e. The van der Waals surface area contributed by atoms with Crippen molar-refractivity contribution in [2.45, 2.75) is 98.8 Å². The van der Waals surface area contributed by atoms with Crippen LogP contribution < -0.4 is 0 Å². The van der Waals surface area contributed by atoms with Crippen LogP contribution in [0.25, 0.3) is 0 Å². The molecule has 0 heterocycles. The van der Waals surface area contributed by atoms with Crippen molar-refractivity contribution in [1.82, 2.24) is 0 Å². The molecule has 0 aliphatic rings. The van der Waals surface area contributed by atoms with Crippen LogP contribution in [0.2, 0.25) is 0 Å². The van der Waals surface area contributed by atoms with Gasteiger partial charge in [0, 0.05) is 17.1 Å². The summed E-state index contributed by atoms with van der Waals surface area (Å²) in [5.41, 5.74) is 7.79. The Morgan fingerprint density at radius 3 is 1.73 bits per heavy atom. The first kappa shape index (κ1) is 25.2. The Labute approximate surface area is 174 Å². The predicted molar refractivity (Wildman–Crippen MR) is 114 cm³/mol. The zero-order valence-electron chi connectivity index (χ0n) is 17.8. The topological polar surface area (TPSA) is 0 Å². The van der Waals surface area contributed by atoms with E-state index in [0.29, 0.717) is 0 Å². The van der Waals surface area contributed by atoms with E-state index in [2.05, 4.69) is 65.0 Å². The molecule has 2 aromatic rings. The van der Waals surface area contributed by atoms with E-state index in [1.54, 1.807) is 16.7 Å². The van der Waals surface area contributed by atoms with E-state index in [1.165, 1.54) is 75.3 Å². The molecule has 0 aromatic heterocycles. The van der Waals surface area contributed by atoms with E-state index >= 15 is 0 Å². The third-order valence-corrected chi connectivity index (χ3v) is 4.67. The number of rotatable bonds is 10. The Bertz CT molecular complexity index is 514. The van der Waals surface area contributed by atoms with Crippen molar-refractivity contribution in [2.24, 2.45) is 0 Å². The van der Waals surface area contributed by atoms with E-state index < -0.39 is 0 Å². The molecular formula is C25H40Fe-6. The summed E-state index contributed by atoms with van der Waals surface area (Å²) in [7, 11) is 0. The summed E-state index contributed by atoms with van der Waals surface area (Å²) in [5.74, 6) is 0. The number of aryl methyl sites for hydroxylation is 5. The van der Waals surface area contributed by atoms with Gasteiger partial charge in [-0.2, -0.15) is 23.3 Å². The molecule has 1 heteroatoms.